The minimum atomic E-state index is -2.93. The number of nitrogens with zero attached hydrogens (tertiary/aromatic N) is 3. The summed E-state index contributed by atoms with van der Waals surface area (Å²) in [5, 5.41) is 15.3. The van der Waals surface area contributed by atoms with E-state index in [0.29, 0.717) is 38.4 Å². The minimum absolute atomic E-state index is 0.121. The molecule has 0 radical (unpaired) electrons. The molecule has 0 aliphatic rings. The van der Waals surface area contributed by atoms with Gasteiger partial charge in [-0.1, -0.05) is 5.92 Å². The van der Waals surface area contributed by atoms with Crippen molar-refractivity contribution in [1.82, 2.24) is 14.5 Å². The van der Waals surface area contributed by atoms with Gasteiger partial charge < -0.3 is 20.5 Å². The van der Waals surface area contributed by atoms with Gasteiger partial charge in [0.15, 0.2) is 0 Å². The fourth-order valence-corrected chi connectivity index (χ4v) is 3.40. The number of hydrogen-bond donors (Lipinski definition) is 3. The SMILES string of the molecule is Cc1cc(Nc2ncnc3ccc(NC(=O)C#CCCO)cc23)ccc1Oc1ccn(C(F)F)c(=O)c1. The summed E-state index contributed by atoms with van der Waals surface area (Å²) in [6.07, 6.45) is 2.60. The van der Waals surface area contributed by atoms with E-state index in [1.807, 2.05) is 0 Å². The number of amides is 1. The van der Waals surface area contributed by atoms with Gasteiger partial charge >= 0.3 is 6.55 Å². The molecule has 4 aromatic rings. The minimum Gasteiger partial charge on any atom is -0.457 e. The van der Waals surface area contributed by atoms with Crippen LogP contribution in [0.2, 0.25) is 0 Å². The average Bonchev–Trinajstić information content (AvgIpc) is 2.86. The molecule has 0 aliphatic carbocycles. The van der Waals surface area contributed by atoms with Gasteiger partial charge in [0.25, 0.3) is 11.5 Å². The van der Waals surface area contributed by atoms with E-state index in [4.69, 9.17) is 9.84 Å². The van der Waals surface area contributed by atoms with Crippen molar-refractivity contribution in [1.29, 1.82) is 0 Å². The Morgan fingerprint density at radius 3 is 2.68 bits per heavy atom. The Morgan fingerprint density at radius 2 is 1.95 bits per heavy atom. The lowest BCUT2D eigenvalue weighted by Gasteiger charge is -2.13. The maximum atomic E-state index is 12.8. The second-order valence-corrected chi connectivity index (χ2v) is 7.78. The first-order chi connectivity index (χ1) is 17.8. The van der Waals surface area contributed by atoms with Crippen LogP contribution >= 0.6 is 0 Å². The number of ether oxygens (including phenoxy) is 1. The molecule has 1 amide bonds. The number of carbonyl (C=O) groups is 1. The van der Waals surface area contributed by atoms with Gasteiger partial charge in [0.05, 0.1) is 12.1 Å². The maximum absolute atomic E-state index is 12.8. The summed E-state index contributed by atoms with van der Waals surface area (Å²) in [6.45, 7) is -1.25. The number of anilines is 3. The highest BCUT2D eigenvalue weighted by molar-refractivity contribution is 6.05. The van der Waals surface area contributed by atoms with Gasteiger partial charge in [-0.2, -0.15) is 8.78 Å². The number of aromatic nitrogens is 3. The van der Waals surface area contributed by atoms with Crippen LogP contribution in [0.3, 0.4) is 0 Å². The number of alkyl halides is 2. The number of rotatable bonds is 7. The van der Waals surface area contributed by atoms with Gasteiger partial charge in [0.2, 0.25) is 0 Å². The van der Waals surface area contributed by atoms with Crippen LogP contribution in [0.5, 0.6) is 11.5 Å². The number of fused-ring (bicyclic) bond motifs is 1. The van der Waals surface area contributed by atoms with Crippen LogP contribution in [0.15, 0.2) is 65.8 Å². The number of aryl methyl sites for hydroxylation is 1. The molecule has 0 aliphatic heterocycles. The van der Waals surface area contributed by atoms with Crippen molar-refractivity contribution < 1.29 is 23.4 Å². The highest BCUT2D eigenvalue weighted by Gasteiger charge is 2.11. The first-order valence-corrected chi connectivity index (χ1v) is 11.1. The van der Waals surface area contributed by atoms with Crippen LogP contribution < -0.4 is 20.9 Å². The fourth-order valence-electron chi connectivity index (χ4n) is 3.40. The molecule has 0 atom stereocenters. The van der Waals surface area contributed by atoms with Crippen molar-refractivity contribution in [2.24, 2.45) is 0 Å². The summed E-state index contributed by atoms with van der Waals surface area (Å²) in [5.41, 5.74) is 1.68. The molecule has 37 heavy (non-hydrogen) atoms. The van der Waals surface area contributed by atoms with Gasteiger partial charge in [-0.25, -0.2) is 9.97 Å². The van der Waals surface area contributed by atoms with E-state index in [0.717, 1.165) is 17.8 Å². The van der Waals surface area contributed by atoms with Crippen molar-refractivity contribution >= 4 is 34.0 Å². The molecule has 0 unspecified atom stereocenters. The molecule has 0 saturated carbocycles. The van der Waals surface area contributed by atoms with E-state index < -0.39 is 18.0 Å². The zero-order valence-electron chi connectivity index (χ0n) is 19.5. The summed E-state index contributed by atoms with van der Waals surface area (Å²) in [4.78, 5) is 32.4. The van der Waals surface area contributed by atoms with E-state index in [1.165, 1.54) is 12.4 Å². The van der Waals surface area contributed by atoms with Gasteiger partial charge in [0.1, 0.15) is 23.6 Å². The number of benzene rings is 2. The number of nitrogens with one attached hydrogen (secondary N) is 2. The second kappa shape index (κ2) is 11.3. The first kappa shape index (κ1) is 25.3. The number of pyridine rings is 1. The number of halogens is 2. The van der Waals surface area contributed by atoms with Gasteiger partial charge in [-0.3, -0.25) is 14.2 Å². The van der Waals surface area contributed by atoms with Crippen molar-refractivity contribution in [3.63, 3.8) is 0 Å². The normalized spacial score (nSPS) is 10.6. The second-order valence-electron chi connectivity index (χ2n) is 7.78. The lowest BCUT2D eigenvalue weighted by atomic mass is 10.1. The third kappa shape index (κ3) is 6.25. The Bertz CT molecular complexity index is 1580. The molecule has 188 valence electrons. The topological polar surface area (TPSA) is 118 Å². The number of aliphatic hydroxyl groups excluding tert-OH is 1. The quantitative estimate of drug-likeness (QED) is 0.320. The summed E-state index contributed by atoms with van der Waals surface area (Å²) in [7, 11) is 0. The molecule has 4 rings (SSSR count). The Balaban J connectivity index is 1.53. The molecule has 0 bridgehead atoms. The standard InChI is InChI=1S/C26H21F2N5O4/c1-16-12-17(6-8-22(16)37-19-9-10-33(26(27)28)24(36)14-19)32-25-20-13-18(5-7-21(20)29-15-30-25)31-23(35)4-2-3-11-34/h5-10,12-15,26,34H,3,11H2,1H3,(H,31,35)(H,29,30,32). The largest absolute Gasteiger partial charge is 0.457 e. The van der Waals surface area contributed by atoms with Crippen molar-refractivity contribution in [2.45, 2.75) is 19.9 Å². The van der Waals surface area contributed by atoms with E-state index in [1.54, 1.807) is 43.3 Å². The van der Waals surface area contributed by atoms with Crippen LogP contribution in [-0.2, 0) is 4.79 Å². The molecule has 0 fully saturated rings. The number of carbonyl (C=O) groups excluding carboxylic acids is 1. The van der Waals surface area contributed by atoms with E-state index in [2.05, 4.69) is 32.4 Å². The van der Waals surface area contributed by atoms with Gasteiger partial charge in [-0.05, 0) is 60.9 Å². The van der Waals surface area contributed by atoms with Gasteiger partial charge in [0, 0.05) is 35.4 Å². The monoisotopic (exact) mass is 505 g/mol. The summed E-state index contributed by atoms with van der Waals surface area (Å²) in [5.74, 6) is 5.55. The molecular weight excluding hydrogens is 484 g/mol. The van der Waals surface area contributed by atoms with Crippen LogP contribution in [0, 0.1) is 18.8 Å². The van der Waals surface area contributed by atoms with Crippen LogP contribution in [0.4, 0.5) is 26.0 Å². The molecule has 0 saturated heterocycles. The summed E-state index contributed by atoms with van der Waals surface area (Å²) < 4.78 is 31.6. The fraction of sp³-hybridized carbons (Fsp3) is 0.154. The van der Waals surface area contributed by atoms with Crippen molar-refractivity contribution in [2.75, 3.05) is 17.2 Å². The Labute approximate surface area is 209 Å². The molecule has 2 aromatic carbocycles. The van der Waals surface area contributed by atoms with Crippen molar-refractivity contribution in [3.05, 3.63) is 77.0 Å². The summed E-state index contributed by atoms with van der Waals surface area (Å²) >= 11 is 0. The third-order valence-electron chi connectivity index (χ3n) is 5.13. The molecule has 11 heteroatoms. The highest BCUT2D eigenvalue weighted by Crippen LogP contribution is 2.30. The first-order valence-electron chi connectivity index (χ1n) is 11.1. The predicted molar refractivity (Wildman–Crippen MR) is 134 cm³/mol. The lowest BCUT2D eigenvalue weighted by molar-refractivity contribution is -0.111. The van der Waals surface area contributed by atoms with Crippen LogP contribution in [0.25, 0.3) is 10.9 Å². The Hall–Kier alpha value is -4.82. The van der Waals surface area contributed by atoms with E-state index >= 15 is 0 Å². The molecule has 2 aromatic heterocycles. The molecule has 2 heterocycles. The molecule has 0 spiro atoms. The predicted octanol–water partition coefficient (Wildman–Crippen LogP) is 4.36. The number of aliphatic hydroxyl groups is 1. The maximum Gasteiger partial charge on any atom is 0.321 e. The van der Waals surface area contributed by atoms with Gasteiger partial charge in [-0.15, -0.1) is 0 Å². The van der Waals surface area contributed by atoms with Crippen LogP contribution in [0.1, 0.15) is 18.5 Å². The van der Waals surface area contributed by atoms with Crippen LogP contribution in [-0.4, -0.2) is 32.2 Å². The Morgan fingerprint density at radius 1 is 1.14 bits per heavy atom. The zero-order chi connectivity index (χ0) is 26.4. The summed E-state index contributed by atoms with van der Waals surface area (Å²) in [6, 6.07) is 12.7. The van der Waals surface area contributed by atoms with Crippen molar-refractivity contribution in [3.8, 4) is 23.3 Å². The highest BCUT2D eigenvalue weighted by atomic mass is 19.3. The molecular formula is C26H21F2N5O4. The number of hydrogen-bond acceptors (Lipinski definition) is 7. The molecule has 9 nitrogen and oxygen atoms in total. The molecule has 3 N–H and O–H groups in total. The van der Waals surface area contributed by atoms with E-state index in [-0.39, 0.29) is 18.8 Å². The van der Waals surface area contributed by atoms with E-state index in [9.17, 15) is 18.4 Å². The lowest BCUT2D eigenvalue weighted by Crippen LogP contribution is -2.18. The smallest absolute Gasteiger partial charge is 0.321 e. The Kier molecular flexibility index (Phi) is 7.71. The zero-order valence-corrected chi connectivity index (χ0v) is 19.5. The third-order valence-corrected chi connectivity index (χ3v) is 5.13. The average molecular weight is 505 g/mol.